The average molecular weight is 269 g/mol. The van der Waals surface area contributed by atoms with Crippen molar-refractivity contribution in [3.05, 3.63) is 48.0 Å². The Labute approximate surface area is 121 Å². The molecule has 20 heavy (non-hydrogen) atoms. The van der Waals surface area contributed by atoms with Crippen LogP contribution in [0.4, 0.5) is 5.82 Å². The predicted molar refractivity (Wildman–Crippen MR) is 87.2 cm³/mol. The van der Waals surface area contributed by atoms with E-state index in [0.29, 0.717) is 0 Å². The maximum atomic E-state index is 4.80. The Balaban J connectivity index is 2.50. The van der Waals surface area contributed by atoms with Crippen LogP contribution in [0.2, 0.25) is 0 Å². The first-order valence-electron chi connectivity index (χ1n) is 7.08. The van der Waals surface area contributed by atoms with Crippen molar-refractivity contribution in [1.29, 1.82) is 0 Å². The second-order valence-electron chi connectivity index (χ2n) is 5.16. The van der Waals surface area contributed by atoms with Crippen LogP contribution in [0, 0.1) is 0 Å². The van der Waals surface area contributed by atoms with Crippen LogP contribution in [0.1, 0.15) is 19.4 Å². The summed E-state index contributed by atoms with van der Waals surface area (Å²) in [4.78, 5) is 7.06. The highest BCUT2D eigenvalue weighted by Crippen LogP contribution is 2.23. The van der Waals surface area contributed by atoms with Gasteiger partial charge in [0.25, 0.3) is 0 Å². The smallest absolute Gasteiger partial charge is 0.129 e. The summed E-state index contributed by atoms with van der Waals surface area (Å²) in [6.45, 7) is 10.8. The topological polar surface area (TPSA) is 28.2 Å². The van der Waals surface area contributed by atoms with Crippen LogP contribution in [0.15, 0.2) is 42.5 Å². The van der Waals surface area contributed by atoms with E-state index in [1.54, 1.807) is 0 Å². The summed E-state index contributed by atoms with van der Waals surface area (Å²) in [5.41, 5.74) is 3.49. The molecule has 106 valence electrons. The Morgan fingerprint density at radius 3 is 2.75 bits per heavy atom. The minimum Gasteiger partial charge on any atom is -0.353 e. The van der Waals surface area contributed by atoms with Crippen molar-refractivity contribution < 1.29 is 0 Å². The molecule has 0 bridgehead atoms. The molecule has 1 aromatic carbocycles. The monoisotopic (exact) mass is 269 g/mol. The third-order valence-corrected chi connectivity index (χ3v) is 3.32. The van der Waals surface area contributed by atoms with Crippen LogP contribution in [-0.4, -0.2) is 25.1 Å². The van der Waals surface area contributed by atoms with E-state index in [-0.39, 0.29) is 0 Å². The molecule has 2 aromatic rings. The Kier molecular flexibility index (Phi) is 4.74. The molecule has 0 aliphatic carbocycles. The molecule has 0 saturated carbocycles. The number of aromatic nitrogens is 1. The van der Waals surface area contributed by atoms with E-state index in [1.807, 2.05) is 13.1 Å². The Hall–Kier alpha value is -1.87. The van der Waals surface area contributed by atoms with Crippen LogP contribution in [0.25, 0.3) is 10.9 Å². The number of rotatable bonds is 6. The number of likely N-dealkylation sites (N-methyl/N-ethyl adjacent to an activating group) is 1. The van der Waals surface area contributed by atoms with Gasteiger partial charge in [-0.3, -0.25) is 0 Å². The number of nitrogens with zero attached hydrogens (tertiary/aromatic N) is 2. The van der Waals surface area contributed by atoms with Crippen molar-refractivity contribution in [3.8, 4) is 0 Å². The second-order valence-corrected chi connectivity index (χ2v) is 5.16. The first-order valence-corrected chi connectivity index (χ1v) is 7.08. The molecule has 0 aliphatic heterocycles. The standard InChI is InChI=1S/C17H23N3/c1-5-20(12-13(2)3)17-10-14(11-18-4)15-8-6-7-9-16(15)19-17/h6-10,18H,2,5,11-12H2,1,3-4H3. The molecule has 0 atom stereocenters. The summed E-state index contributed by atoms with van der Waals surface area (Å²) >= 11 is 0. The lowest BCUT2D eigenvalue weighted by molar-refractivity contribution is 0.816. The minimum atomic E-state index is 0.848. The largest absolute Gasteiger partial charge is 0.353 e. The predicted octanol–water partition coefficient (Wildman–Crippen LogP) is 3.36. The number of nitrogens with one attached hydrogen (secondary N) is 1. The van der Waals surface area contributed by atoms with Gasteiger partial charge in [0.05, 0.1) is 5.52 Å². The molecule has 1 heterocycles. The molecule has 1 aromatic heterocycles. The quantitative estimate of drug-likeness (QED) is 0.815. The van der Waals surface area contributed by atoms with Gasteiger partial charge in [-0.15, -0.1) is 0 Å². The van der Waals surface area contributed by atoms with Gasteiger partial charge >= 0.3 is 0 Å². The van der Waals surface area contributed by atoms with E-state index in [1.165, 1.54) is 10.9 Å². The van der Waals surface area contributed by atoms with Gasteiger partial charge in [-0.05, 0) is 38.6 Å². The van der Waals surface area contributed by atoms with Crippen molar-refractivity contribution in [2.75, 3.05) is 25.0 Å². The van der Waals surface area contributed by atoms with Crippen molar-refractivity contribution in [2.45, 2.75) is 20.4 Å². The van der Waals surface area contributed by atoms with E-state index in [2.05, 4.69) is 54.9 Å². The molecular weight excluding hydrogens is 246 g/mol. The number of pyridine rings is 1. The average Bonchev–Trinajstić information content (AvgIpc) is 2.44. The molecule has 0 amide bonds. The van der Waals surface area contributed by atoms with Gasteiger partial charge in [-0.2, -0.15) is 0 Å². The van der Waals surface area contributed by atoms with Gasteiger partial charge in [0, 0.05) is 25.0 Å². The molecule has 0 unspecified atom stereocenters. The molecule has 0 aliphatic rings. The van der Waals surface area contributed by atoms with Crippen LogP contribution < -0.4 is 10.2 Å². The normalized spacial score (nSPS) is 10.8. The maximum Gasteiger partial charge on any atom is 0.129 e. The molecule has 2 rings (SSSR count). The Morgan fingerprint density at radius 1 is 1.35 bits per heavy atom. The lowest BCUT2D eigenvalue weighted by atomic mass is 10.1. The number of benzene rings is 1. The van der Waals surface area contributed by atoms with E-state index in [4.69, 9.17) is 4.98 Å². The number of fused-ring (bicyclic) bond motifs is 1. The lowest BCUT2D eigenvalue weighted by Crippen LogP contribution is -2.25. The van der Waals surface area contributed by atoms with Gasteiger partial charge in [0.1, 0.15) is 5.82 Å². The highest BCUT2D eigenvalue weighted by atomic mass is 15.2. The maximum absolute atomic E-state index is 4.80. The van der Waals surface area contributed by atoms with Crippen molar-refractivity contribution in [1.82, 2.24) is 10.3 Å². The van der Waals surface area contributed by atoms with E-state index >= 15 is 0 Å². The van der Waals surface area contributed by atoms with Crippen molar-refractivity contribution in [3.63, 3.8) is 0 Å². The van der Waals surface area contributed by atoms with Gasteiger partial charge < -0.3 is 10.2 Å². The first-order chi connectivity index (χ1) is 9.65. The van der Waals surface area contributed by atoms with Gasteiger partial charge in [-0.1, -0.05) is 30.4 Å². The van der Waals surface area contributed by atoms with Crippen LogP contribution in [0.5, 0.6) is 0 Å². The van der Waals surface area contributed by atoms with E-state index in [9.17, 15) is 0 Å². The highest BCUT2D eigenvalue weighted by Gasteiger charge is 2.10. The summed E-state index contributed by atoms with van der Waals surface area (Å²) in [6, 6.07) is 10.5. The molecule has 0 fully saturated rings. The van der Waals surface area contributed by atoms with Gasteiger partial charge in [0.15, 0.2) is 0 Å². The fourth-order valence-corrected chi connectivity index (χ4v) is 2.41. The summed E-state index contributed by atoms with van der Waals surface area (Å²) in [5, 5.41) is 4.46. The zero-order chi connectivity index (χ0) is 14.5. The highest BCUT2D eigenvalue weighted by molar-refractivity contribution is 5.84. The summed E-state index contributed by atoms with van der Waals surface area (Å²) in [7, 11) is 1.97. The number of hydrogen-bond acceptors (Lipinski definition) is 3. The fraction of sp³-hybridized carbons (Fsp3) is 0.353. The number of anilines is 1. The molecular formula is C17H23N3. The molecule has 1 N–H and O–H groups in total. The van der Waals surface area contributed by atoms with E-state index in [0.717, 1.165) is 36.5 Å². The molecule has 3 nitrogen and oxygen atoms in total. The van der Waals surface area contributed by atoms with Gasteiger partial charge in [-0.25, -0.2) is 4.98 Å². The van der Waals surface area contributed by atoms with Crippen LogP contribution in [-0.2, 0) is 6.54 Å². The third-order valence-electron chi connectivity index (χ3n) is 3.32. The molecule has 0 saturated heterocycles. The van der Waals surface area contributed by atoms with Crippen molar-refractivity contribution in [2.24, 2.45) is 0 Å². The lowest BCUT2D eigenvalue weighted by Gasteiger charge is -2.23. The summed E-state index contributed by atoms with van der Waals surface area (Å²) in [6.07, 6.45) is 0. The molecule has 0 radical (unpaired) electrons. The molecule has 0 spiro atoms. The zero-order valence-electron chi connectivity index (χ0n) is 12.6. The Bertz CT molecular complexity index is 604. The zero-order valence-corrected chi connectivity index (χ0v) is 12.6. The van der Waals surface area contributed by atoms with E-state index < -0.39 is 0 Å². The number of para-hydroxylation sites is 1. The molecule has 3 heteroatoms. The van der Waals surface area contributed by atoms with Gasteiger partial charge in [0.2, 0.25) is 0 Å². The Morgan fingerprint density at radius 2 is 2.10 bits per heavy atom. The van der Waals surface area contributed by atoms with Crippen LogP contribution >= 0.6 is 0 Å². The van der Waals surface area contributed by atoms with Crippen molar-refractivity contribution >= 4 is 16.7 Å². The fourth-order valence-electron chi connectivity index (χ4n) is 2.41. The third kappa shape index (κ3) is 3.17. The summed E-state index contributed by atoms with van der Waals surface area (Å²) < 4.78 is 0. The summed E-state index contributed by atoms with van der Waals surface area (Å²) in [5.74, 6) is 1.03. The number of hydrogen-bond donors (Lipinski definition) is 1. The minimum absolute atomic E-state index is 0.848. The first kappa shape index (κ1) is 14.5. The van der Waals surface area contributed by atoms with Crippen LogP contribution in [0.3, 0.4) is 0 Å². The SMILES string of the molecule is C=C(C)CN(CC)c1cc(CNC)c2ccccc2n1. The second kappa shape index (κ2) is 6.53.